The number of nitrogens with one attached hydrogen (secondary N) is 1. The van der Waals surface area contributed by atoms with E-state index in [0.717, 1.165) is 12.0 Å². The third kappa shape index (κ3) is 6.15. The third-order valence-electron chi connectivity index (χ3n) is 4.28. The Kier molecular flexibility index (Phi) is 8.35. The lowest BCUT2D eigenvalue weighted by Crippen LogP contribution is -2.41. The van der Waals surface area contributed by atoms with Crippen LogP contribution in [-0.2, 0) is 11.3 Å². The van der Waals surface area contributed by atoms with Gasteiger partial charge in [-0.25, -0.2) is 0 Å². The zero-order valence-electron chi connectivity index (χ0n) is 17.4. The van der Waals surface area contributed by atoms with E-state index in [1.165, 1.54) is 0 Å². The van der Waals surface area contributed by atoms with E-state index in [0.29, 0.717) is 36.0 Å². The van der Waals surface area contributed by atoms with Crippen molar-refractivity contribution in [2.75, 3.05) is 13.7 Å². The van der Waals surface area contributed by atoms with Crippen LogP contribution < -0.4 is 19.5 Å². The number of carbonyl (C=O) groups excluding carboxylic acids is 1. The molecule has 0 heterocycles. The van der Waals surface area contributed by atoms with Crippen LogP contribution in [0.1, 0.15) is 38.3 Å². The molecule has 29 heavy (non-hydrogen) atoms. The summed E-state index contributed by atoms with van der Waals surface area (Å²) in [4.78, 5) is 12.7. The summed E-state index contributed by atoms with van der Waals surface area (Å²) in [7, 11) is 1.59. The molecule has 0 radical (unpaired) electrons. The smallest absolute Gasteiger partial charge is 0.261 e. The molecular formula is C23H28N2O4. The summed E-state index contributed by atoms with van der Waals surface area (Å²) in [5.74, 6) is 1.41. The Morgan fingerprint density at radius 3 is 2.55 bits per heavy atom. The molecule has 1 N–H and O–H groups in total. The number of hydrogen-bond donors (Lipinski definition) is 1. The molecule has 0 bridgehead atoms. The maximum atomic E-state index is 12.7. The van der Waals surface area contributed by atoms with Gasteiger partial charge >= 0.3 is 0 Å². The third-order valence-corrected chi connectivity index (χ3v) is 4.28. The molecule has 6 heteroatoms. The van der Waals surface area contributed by atoms with Gasteiger partial charge in [0, 0.05) is 6.54 Å². The van der Waals surface area contributed by atoms with Crippen molar-refractivity contribution in [2.45, 2.75) is 39.8 Å². The largest absolute Gasteiger partial charge is 0.493 e. The minimum atomic E-state index is -0.710. The predicted molar refractivity (Wildman–Crippen MR) is 111 cm³/mol. The van der Waals surface area contributed by atoms with Crippen molar-refractivity contribution >= 4 is 5.91 Å². The summed E-state index contributed by atoms with van der Waals surface area (Å²) in [6.07, 6.45) is 0.200. The van der Waals surface area contributed by atoms with E-state index in [1.807, 2.05) is 39.0 Å². The fourth-order valence-electron chi connectivity index (χ4n) is 2.73. The standard InChI is InChI=1S/C23H28N2O4/c1-5-12-28-20-11-10-17(13-21(20)27-4)15-25-23(26)22(16(2)3)29-19-9-7-6-8-18(19)14-24/h6-11,13,16,22H,5,12,15H2,1-4H3,(H,25,26). The molecule has 0 saturated carbocycles. The second-order valence-corrected chi connectivity index (χ2v) is 6.94. The highest BCUT2D eigenvalue weighted by atomic mass is 16.5. The first kappa shape index (κ1) is 22.1. The molecule has 2 aromatic rings. The second-order valence-electron chi connectivity index (χ2n) is 6.94. The Hall–Kier alpha value is -3.20. The number of para-hydroxylation sites is 1. The van der Waals surface area contributed by atoms with Crippen molar-refractivity contribution in [2.24, 2.45) is 5.92 Å². The first-order chi connectivity index (χ1) is 14.0. The Labute approximate surface area is 172 Å². The number of carbonyl (C=O) groups is 1. The highest BCUT2D eigenvalue weighted by Crippen LogP contribution is 2.28. The van der Waals surface area contributed by atoms with Crippen molar-refractivity contribution in [1.82, 2.24) is 5.32 Å². The van der Waals surface area contributed by atoms with E-state index < -0.39 is 6.10 Å². The highest BCUT2D eigenvalue weighted by Gasteiger charge is 2.25. The van der Waals surface area contributed by atoms with Gasteiger partial charge in [0.25, 0.3) is 5.91 Å². The average molecular weight is 396 g/mol. The van der Waals surface area contributed by atoms with Crippen LogP contribution in [-0.4, -0.2) is 25.7 Å². The summed E-state index contributed by atoms with van der Waals surface area (Å²) >= 11 is 0. The number of methoxy groups -OCH3 is 1. The normalized spacial score (nSPS) is 11.4. The maximum absolute atomic E-state index is 12.7. The topological polar surface area (TPSA) is 80.6 Å². The molecule has 0 aromatic heterocycles. The van der Waals surface area contributed by atoms with Gasteiger partial charge in [-0.1, -0.05) is 39.0 Å². The molecule has 1 amide bonds. The van der Waals surface area contributed by atoms with E-state index in [2.05, 4.69) is 11.4 Å². The van der Waals surface area contributed by atoms with Gasteiger partial charge in [0.15, 0.2) is 17.6 Å². The summed E-state index contributed by atoms with van der Waals surface area (Å²) in [6.45, 7) is 6.79. The van der Waals surface area contributed by atoms with Gasteiger partial charge in [0.2, 0.25) is 0 Å². The van der Waals surface area contributed by atoms with Gasteiger partial charge in [0.05, 0.1) is 19.3 Å². The monoisotopic (exact) mass is 396 g/mol. The van der Waals surface area contributed by atoms with Gasteiger partial charge in [-0.15, -0.1) is 0 Å². The molecule has 0 spiro atoms. The van der Waals surface area contributed by atoms with E-state index >= 15 is 0 Å². The molecule has 2 rings (SSSR count). The SMILES string of the molecule is CCCOc1ccc(CNC(=O)C(Oc2ccccc2C#N)C(C)C)cc1OC. The fourth-order valence-corrected chi connectivity index (χ4v) is 2.73. The van der Waals surface area contributed by atoms with Crippen molar-refractivity contribution in [3.8, 4) is 23.3 Å². The van der Waals surface area contributed by atoms with Gasteiger partial charge in [-0.05, 0) is 42.2 Å². The second kappa shape index (κ2) is 11.0. The lowest BCUT2D eigenvalue weighted by molar-refractivity contribution is -0.130. The number of hydrogen-bond acceptors (Lipinski definition) is 5. The minimum Gasteiger partial charge on any atom is -0.493 e. The number of nitrogens with zero attached hydrogens (tertiary/aromatic N) is 1. The van der Waals surface area contributed by atoms with Crippen LogP contribution in [0.15, 0.2) is 42.5 Å². The quantitative estimate of drug-likeness (QED) is 0.655. The fraction of sp³-hybridized carbons (Fsp3) is 0.391. The molecule has 154 valence electrons. The van der Waals surface area contributed by atoms with Crippen molar-refractivity contribution in [3.63, 3.8) is 0 Å². The first-order valence-electron chi connectivity index (χ1n) is 9.73. The summed E-state index contributed by atoms with van der Waals surface area (Å²) in [6, 6.07) is 14.6. The number of benzene rings is 2. The van der Waals surface area contributed by atoms with Crippen molar-refractivity contribution in [1.29, 1.82) is 5.26 Å². The number of amides is 1. The average Bonchev–Trinajstić information content (AvgIpc) is 2.74. The maximum Gasteiger partial charge on any atom is 0.261 e. The van der Waals surface area contributed by atoms with E-state index in [1.54, 1.807) is 31.4 Å². The first-order valence-corrected chi connectivity index (χ1v) is 9.73. The lowest BCUT2D eigenvalue weighted by atomic mass is 10.1. The minimum absolute atomic E-state index is 0.0684. The molecule has 0 saturated heterocycles. The summed E-state index contributed by atoms with van der Waals surface area (Å²) < 4.78 is 16.9. The Morgan fingerprint density at radius 2 is 1.90 bits per heavy atom. The van der Waals surface area contributed by atoms with Gasteiger partial charge in [-0.2, -0.15) is 5.26 Å². The van der Waals surface area contributed by atoms with Crippen molar-refractivity contribution < 1.29 is 19.0 Å². The molecule has 0 aliphatic rings. The van der Waals surface area contributed by atoms with Crippen LogP contribution in [0.2, 0.25) is 0 Å². The van der Waals surface area contributed by atoms with Gasteiger partial charge in [0.1, 0.15) is 11.8 Å². The van der Waals surface area contributed by atoms with Crippen molar-refractivity contribution in [3.05, 3.63) is 53.6 Å². The molecule has 0 fully saturated rings. The Balaban J connectivity index is 2.06. The number of nitriles is 1. The molecule has 1 unspecified atom stereocenters. The Bertz CT molecular complexity index is 858. The van der Waals surface area contributed by atoms with Gasteiger partial charge in [-0.3, -0.25) is 4.79 Å². The molecule has 6 nitrogen and oxygen atoms in total. The Morgan fingerprint density at radius 1 is 1.14 bits per heavy atom. The van der Waals surface area contributed by atoms with Crippen LogP contribution in [0.25, 0.3) is 0 Å². The zero-order valence-corrected chi connectivity index (χ0v) is 17.4. The predicted octanol–water partition coefficient (Wildman–Crippen LogP) is 4.08. The molecule has 1 atom stereocenters. The van der Waals surface area contributed by atoms with Crippen LogP contribution in [0.5, 0.6) is 17.2 Å². The van der Waals surface area contributed by atoms with E-state index in [9.17, 15) is 10.1 Å². The van der Waals surface area contributed by atoms with Crippen LogP contribution in [0.4, 0.5) is 0 Å². The zero-order chi connectivity index (χ0) is 21.2. The van der Waals surface area contributed by atoms with Crippen LogP contribution in [0, 0.1) is 17.2 Å². The summed E-state index contributed by atoms with van der Waals surface area (Å²) in [5.41, 5.74) is 1.29. The number of ether oxygens (including phenoxy) is 3. The lowest BCUT2D eigenvalue weighted by Gasteiger charge is -2.22. The molecule has 2 aromatic carbocycles. The van der Waals surface area contributed by atoms with Crippen LogP contribution >= 0.6 is 0 Å². The highest BCUT2D eigenvalue weighted by molar-refractivity contribution is 5.81. The van der Waals surface area contributed by atoms with Crippen LogP contribution in [0.3, 0.4) is 0 Å². The van der Waals surface area contributed by atoms with Gasteiger partial charge < -0.3 is 19.5 Å². The molecular weight excluding hydrogens is 368 g/mol. The molecule has 0 aliphatic carbocycles. The molecule has 0 aliphatic heterocycles. The van der Waals surface area contributed by atoms with E-state index in [4.69, 9.17) is 14.2 Å². The number of rotatable bonds is 10. The summed E-state index contributed by atoms with van der Waals surface area (Å²) in [5, 5.41) is 12.1. The van der Waals surface area contributed by atoms with E-state index in [-0.39, 0.29) is 11.8 Å².